The van der Waals surface area contributed by atoms with Gasteiger partial charge >= 0.3 is 0 Å². The van der Waals surface area contributed by atoms with Gasteiger partial charge < -0.3 is 20.4 Å². The Morgan fingerprint density at radius 3 is 2.23 bits per heavy atom. The van der Waals surface area contributed by atoms with Gasteiger partial charge in [0, 0.05) is 76.3 Å². The van der Waals surface area contributed by atoms with Crippen molar-refractivity contribution >= 4 is 23.4 Å². The maximum atomic E-state index is 13.9. The van der Waals surface area contributed by atoms with Gasteiger partial charge in [0.05, 0.1) is 0 Å². The molecule has 2 aromatic rings. The van der Waals surface area contributed by atoms with Crippen molar-refractivity contribution in [2.75, 3.05) is 66.0 Å². The molecular formula is C34H51ClN6O2. The lowest BCUT2D eigenvalue weighted by molar-refractivity contribution is -0.140. The summed E-state index contributed by atoms with van der Waals surface area (Å²) < 4.78 is 0. The van der Waals surface area contributed by atoms with Crippen LogP contribution in [0.2, 0.25) is 5.02 Å². The van der Waals surface area contributed by atoms with Crippen LogP contribution in [0.3, 0.4) is 0 Å². The number of piperazine rings is 1. The predicted molar refractivity (Wildman–Crippen MR) is 175 cm³/mol. The van der Waals surface area contributed by atoms with Crippen LogP contribution in [0, 0.1) is 5.92 Å². The summed E-state index contributed by atoms with van der Waals surface area (Å²) in [6, 6.07) is 17.7. The number of likely N-dealkylation sites (tertiary alicyclic amines) is 1. The molecule has 0 bridgehead atoms. The van der Waals surface area contributed by atoms with Gasteiger partial charge in [-0.25, -0.2) is 10.0 Å². The number of benzene rings is 2. The summed E-state index contributed by atoms with van der Waals surface area (Å²) in [6.07, 6.45) is 3.58. The summed E-state index contributed by atoms with van der Waals surface area (Å²) in [4.78, 5) is 31.2. The Morgan fingerprint density at radius 1 is 0.907 bits per heavy atom. The third-order valence-corrected chi connectivity index (χ3v) is 8.79. The number of hydrazine groups is 1. The van der Waals surface area contributed by atoms with Crippen molar-refractivity contribution in [2.45, 2.75) is 58.0 Å². The van der Waals surface area contributed by atoms with E-state index in [4.69, 9.17) is 11.6 Å². The molecule has 8 nitrogen and oxygen atoms in total. The normalized spacial score (nSPS) is 17.9. The molecule has 0 unspecified atom stereocenters. The second-order valence-electron chi connectivity index (χ2n) is 12.5. The first-order valence-electron chi connectivity index (χ1n) is 16.1. The molecule has 0 saturated carbocycles. The Balaban J connectivity index is 1.32. The van der Waals surface area contributed by atoms with Crippen LogP contribution >= 0.6 is 11.6 Å². The highest BCUT2D eigenvalue weighted by molar-refractivity contribution is 6.30. The van der Waals surface area contributed by atoms with Crippen molar-refractivity contribution in [1.29, 1.82) is 0 Å². The van der Waals surface area contributed by atoms with Crippen LogP contribution in [0.25, 0.3) is 0 Å². The number of piperidine rings is 1. The van der Waals surface area contributed by atoms with E-state index >= 15 is 0 Å². The Hall–Kier alpha value is -2.49. The summed E-state index contributed by atoms with van der Waals surface area (Å²) in [7, 11) is 2.19. The number of carbonyl (C=O) groups is 2. The largest absolute Gasteiger partial charge is 0.344 e. The van der Waals surface area contributed by atoms with Gasteiger partial charge in [-0.2, -0.15) is 0 Å². The van der Waals surface area contributed by atoms with E-state index in [1.807, 2.05) is 47.4 Å². The molecule has 9 heteroatoms. The molecule has 0 aromatic heterocycles. The molecule has 2 aliphatic heterocycles. The quantitative estimate of drug-likeness (QED) is 0.318. The number of carbonyl (C=O) groups excluding carboxylic acids is 2. The molecule has 2 aliphatic rings. The van der Waals surface area contributed by atoms with Crippen molar-refractivity contribution in [1.82, 2.24) is 30.5 Å². The first-order chi connectivity index (χ1) is 20.8. The van der Waals surface area contributed by atoms with Gasteiger partial charge in [-0.3, -0.25) is 9.59 Å². The molecule has 2 fully saturated rings. The van der Waals surface area contributed by atoms with Crippen LogP contribution in [0.1, 0.15) is 44.2 Å². The number of amides is 2. The zero-order valence-electron chi connectivity index (χ0n) is 26.3. The number of nitrogens with one attached hydrogen (secondary N) is 2. The van der Waals surface area contributed by atoms with E-state index < -0.39 is 6.04 Å². The fraction of sp³-hybridized carbons (Fsp3) is 0.588. The van der Waals surface area contributed by atoms with E-state index in [-0.39, 0.29) is 11.8 Å². The summed E-state index contributed by atoms with van der Waals surface area (Å²) in [5, 5.41) is 12.2. The van der Waals surface area contributed by atoms with Gasteiger partial charge in [-0.05, 0) is 62.0 Å². The fourth-order valence-electron chi connectivity index (χ4n) is 6.05. The third kappa shape index (κ3) is 10.9. The molecule has 2 aromatic carbocycles. The molecule has 43 heavy (non-hydrogen) atoms. The van der Waals surface area contributed by atoms with Crippen molar-refractivity contribution < 1.29 is 9.59 Å². The Labute approximate surface area is 263 Å². The van der Waals surface area contributed by atoms with Crippen LogP contribution in [0.5, 0.6) is 0 Å². The number of nitrogens with zero attached hydrogens (tertiary/aromatic N) is 4. The SMILES string of the molecule is CC(C)CN(C1CCN(C(=O)[C@@H](Cc2ccc(Cl)cc2)NC(=O)CCNCCc2ccccc2)CC1)N1CCN(C)CC1. The van der Waals surface area contributed by atoms with Crippen LogP contribution < -0.4 is 10.6 Å². The summed E-state index contributed by atoms with van der Waals surface area (Å²) in [5.74, 6) is 0.479. The zero-order chi connectivity index (χ0) is 30.6. The fourth-order valence-corrected chi connectivity index (χ4v) is 6.18. The van der Waals surface area contributed by atoms with Crippen LogP contribution in [-0.2, 0) is 22.4 Å². The molecule has 0 spiro atoms. The summed E-state index contributed by atoms with van der Waals surface area (Å²) in [5.41, 5.74) is 2.25. The van der Waals surface area contributed by atoms with E-state index in [0.717, 1.165) is 64.1 Å². The molecule has 236 valence electrons. The van der Waals surface area contributed by atoms with Gasteiger partial charge in [0.15, 0.2) is 0 Å². The lowest BCUT2D eigenvalue weighted by Crippen LogP contribution is -2.60. The number of rotatable bonds is 14. The molecule has 0 radical (unpaired) electrons. The minimum Gasteiger partial charge on any atom is -0.344 e. The Morgan fingerprint density at radius 2 is 1.58 bits per heavy atom. The first-order valence-corrected chi connectivity index (χ1v) is 16.4. The maximum Gasteiger partial charge on any atom is 0.245 e. The average molecular weight is 611 g/mol. The highest BCUT2D eigenvalue weighted by atomic mass is 35.5. The maximum absolute atomic E-state index is 13.9. The van der Waals surface area contributed by atoms with Crippen molar-refractivity contribution in [3.8, 4) is 0 Å². The van der Waals surface area contributed by atoms with Gasteiger partial charge in [0.25, 0.3) is 0 Å². The van der Waals surface area contributed by atoms with Gasteiger partial charge in [0.2, 0.25) is 11.8 Å². The molecular weight excluding hydrogens is 560 g/mol. The molecule has 4 rings (SSSR count). The van der Waals surface area contributed by atoms with Crippen LogP contribution in [-0.4, -0.2) is 110 Å². The van der Waals surface area contributed by atoms with E-state index in [2.05, 4.69) is 58.6 Å². The first kappa shape index (κ1) is 33.4. The molecule has 2 saturated heterocycles. The minimum absolute atomic E-state index is 0.00814. The lowest BCUT2D eigenvalue weighted by atomic mass is 10.00. The molecule has 1 atom stereocenters. The third-order valence-electron chi connectivity index (χ3n) is 8.54. The standard InChI is InChI=1S/C34H51ClN6O2/c1-27(2)26-41(40-23-21-38(3)22-24-40)31-15-19-39(20-16-31)34(43)32(25-29-9-11-30(35)12-10-29)37-33(42)14-18-36-17-13-28-7-5-4-6-8-28/h4-12,27,31-32,36H,13-26H2,1-3H3,(H,37,42)/t32-/m1/s1. The average Bonchev–Trinajstić information content (AvgIpc) is 3.01. The monoisotopic (exact) mass is 610 g/mol. The smallest absolute Gasteiger partial charge is 0.245 e. The predicted octanol–water partition coefficient (Wildman–Crippen LogP) is 3.70. The molecule has 2 amide bonds. The van der Waals surface area contributed by atoms with Crippen molar-refractivity contribution in [3.05, 3.63) is 70.7 Å². The summed E-state index contributed by atoms with van der Waals surface area (Å²) in [6.45, 7) is 12.7. The van der Waals surface area contributed by atoms with Crippen LogP contribution in [0.4, 0.5) is 0 Å². The highest BCUT2D eigenvalue weighted by Gasteiger charge is 2.34. The molecule has 2 heterocycles. The van der Waals surface area contributed by atoms with Crippen molar-refractivity contribution in [3.63, 3.8) is 0 Å². The van der Waals surface area contributed by atoms with E-state index in [9.17, 15) is 9.59 Å². The zero-order valence-corrected chi connectivity index (χ0v) is 27.1. The molecule has 0 aliphatic carbocycles. The second kappa shape index (κ2) is 17.1. The van der Waals surface area contributed by atoms with Gasteiger partial charge in [-0.15, -0.1) is 0 Å². The van der Waals surface area contributed by atoms with E-state index in [1.54, 1.807) is 0 Å². The van der Waals surface area contributed by atoms with E-state index in [0.29, 0.717) is 49.5 Å². The van der Waals surface area contributed by atoms with Crippen molar-refractivity contribution in [2.24, 2.45) is 5.92 Å². The van der Waals surface area contributed by atoms with Gasteiger partial charge in [0.1, 0.15) is 6.04 Å². The van der Waals surface area contributed by atoms with E-state index in [1.165, 1.54) is 5.56 Å². The number of likely N-dealkylation sites (N-methyl/N-ethyl adjacent to an activating group) is 1. The topological polar surface area (TPSA) is 71.2 Å². The number of hydrogen-bond donors (Lipinski definition) is 2. The number of hydrogen-bond acceptors (Lipinski definition) is 6. The second-order valence-corrected chi connectivity index (χ2v) is 13.0. The highest BCUT2D eigenvalue weighted by Crippen LogP contribution is 2.22. The lowest BCUT2D eigenvalue weighted by Gasteiger charge is -2.47. The minimum atomic E-state index is -0.598. The molecule has 2 N–H and O–H groups in total. The Bertz CT molecular complexity index is 1120. The number of halogens is 1. The summed E-state index contributed by atoms with van der Waals surface area (Å²) >= 11 is 6.11. The Kier molecular flexibility index (Phi) is 13.3. The van der Waals surface area contributed by atoms with Gasteiger partial charge in [-0.1, -0.05) is 67.9 Å². The van der Waals surface area contributed by atoms with Crippen LogP contribution in [0.15, 0.2) is 54.6 Å².